The SMILES string of the molecule is COc1ccc(C2c3c(-c4ccc(C)cc4)n[nH]c3C(=O)N2C2CCCCC2)c(OC)c1. The molecule has 0 spiro atoms. The summed E-state index contributed by atoms with van der Waals surface area (Å²) in [7, 11) is 3.31. The van der Waals surface area contributed by atoms with Crippen molar-refractivity contribution in [2.24, 2.45) is 0 Å². The van der Waals surface area contributed by atoms with Crippen LogP contribution in [0.3, 0.4) is 0 Å². The molecule has 1 aliphatic carbocycles. The summed E-state index contributed by atoms with van der Waals surface area (Å²) in [4.78, 5) is 15.8. The van der Waals surface area contributed by atoms with E-state index in [0.717, 1.165) is 53.8 Å². The molecule has 1 aromatic heterocycles. The maximum Gasteiger partial charge on any atom is 0.273 e. The second-order valence-electron chi connectivity index (χ2n) is 8.74. The first kappa shape index (κ1) is 20.6. The van der Waals surface area contributed by atoms with Crippen LogP contribution in [0.1, 0.15) is 65.3 Å². The smallest absolute Gasteiger partial charge is 0.273 e. The fourth-order valence-corrected chi connectivity index (χ4v) is 5.18. The van der Waals surface area contributed by atoms with E-state index in [0.29, 0.717) is 11.4 Å². The van der Waals surface area contributed by atoms with Crippen LogP contribution in [0, 0.1) is 6.92 Å². The topological polar surface area (TPSA) is 67.5 Å². The quantitative estimate of drug-likeness (QED) is 0.597. The van der Waals surface area contributed by atoms with Gasteiger partial charge in [-0.1, -0.05) is 49.1 Å². The molecular formula is C26H29N3O3. The molecule has 0 saturated heterocycles. The van der Waals surface area contributed by atoms with Crippen molar-refractivity contribution in [1.82, 2.24) is 15.1 Å². The number of amides is 1. The average Bonchev–Trinajstić information content (AvgIpc) is 3.38. The third kappa shape index (κ3) is 3.34. The fourth-order valence-electron chi connectivity index (χ4n) is 5.18. The molecule has 1 saturated carbocycles. The Bertz CT molecular complexity index is 1130. The fraction of sp³-hybridized carbons (Fsp3) is 0.385. The molecule has 2 heterocycles. The van der Waals surface area contributed by atoms with Gasteiger partial charge in [-0.3, -0.25) is 9.89 Å². The Morgan fingerprint density at radius 2 is 1.75 bits per heavy atom. The predicted molar refractivity (Wildman–Crippen MR) is 123 cm³/mol. The van der Waals surface area contributed by atoms with Crippen molar-refractivity contribution in [3.05, 3.63) is 64.8 Å². The number of aryl methyl sites for hydroxylation is 1. The van der Waals surface area contributed by atoms with Crippen molar-refractivity contribution >= 4 is 5.91 Å². The minimum Gasteiger partial charge on any atom is -0.497 e. The summed E-state index contributed by atoms with van der Waals surface area (Å²) in [6.07, 6.45) is 5.59. The molecule has 1 atom stereocenters. The number of hydrogen-bond donors (Lipinski definition) is 1. The van der Waals surface area contributed by atoms with Crippen LogP contribution in [0.5, 0.6) is 11.5 Å². The number of benzene rings is 2. The first-order valence-electron chi connectivity index (χ1n) is 11.3. The van der Waals surface area contributed by atoms with Crippen LogP contribution in [0.25, 0.3) is 11.3 Å². The van der Waals surface area contributed by atoms with Crippen LogP contribution < -0.4 is 9.47 Å². The van der Waals surface area contributed by atoms with Crippen LogP contribution in [-0.2, 0) is 0 Å². The monoisotopic (exact) mass is 431 g/mol. The number of nitrogens with one attached hydrogen (secondary N) is 1. The van der Waals surface area contributed by atoms with Gasteiger partial charge >= 0.3 is 0 Å². The highest BCUT2D eigenvalue weighted by Gasteiger charge is 2.46. The van der Waals surface area contributed by atoms with Gasteiger partial charge in [-0.25, -0.2) is 0 Å². The molecule has 0 bridgehead atoms. The third-order valence-electron chi connectivity index (χ3n) is 6.83. The number of aromatic nitrogens is 2. The first-order chi connectivity index (χ1) is 15.6. The number of nitrogens with zero attached hydrogens (tertiary/aromatic N) is 2. The van der Waals surface area contributed by atoms with Crippen molar-refractivity contribution in [1.29, 1.82) is 0 Å². The highest BCUT2D eigenvalue weighted by Crippen LogP contribution is 2.48. The maximum absolute atomic E-state index is 13.7. The van der Waals surface area contributed by atoms with Crippen LogP contribution in [0.2, 0.25) is 0 Å². The molecule has 3 aromatic rings. The second-order valence-corrected chi connectivity index (χ2v) is 8.74. The van der Waals surface area contributed by atoms with Gasteiger partial charge in [-0.2, -0.15) is 5.10 Å². The number of ether oxygens (including phenoxy) is 2. The number of rotatable bonds is 5. The molecule has 1 N–H and O–H groups in total. The Morgan fingerprint density at radius 3 is 2.44 bits per heavy atom. The normalized spacial score (nSPS) is 18.7. The largest absolute Gasteiger partial charge is 0.497 e. The Hall–Kier alpha value is -3.28. The summed E-state index contributed by atoms with van der Waals surface area (Å²) in [5.41, 5.74) is 5.51. The lowest BCUT2D eigenvalue weighted by Crippen LogP contribution is -2.40. The van der Waals surface area contributed by atoms with Gasteiger partial charge in [0.25, 0.3) is 5.91 Å². The molecule has 2 aromatic carbocycles. The predicted octanol–water partition coefficient (Wildman–Crippen LogP) is 5.28. The summed E-state index contributed by atoms with van der Waals surface area (Å²) in [6.45, 7) is 2.07. The molecule has 1 fully saturated rings. The highest BCUT2D eigenvalue weighted by molar-refractivity contribution is 6.00. The Morgan fingerprint density at radius 1 is 1.00 bits per heavy atom. The molecule has 166 valence electrons. The van der Waals surface area contributed by atoms with Crippen LogP contribution in [-0.4, -0.2) is 41.3 Å². The zero-order valence-electron chi connectivity index (χ0n) is 18.9. The molecular weight excluding hydrogens is 402 g/mol. The lowest BCUT2D eigenvalue weighted by molar-refractivity contribution is 0.0604. The molecule has 6 heteroatoms. The zero-order valence-corrected chi connectivity index (χ0v) is 18.9. The van der Waals surface area contributed by atoms with Gasteiger partial charge in [0.05, 0.1) is 26.0 Å². The lowest BCUT2D eigenvalue weighted by Gasteiger charge is -2.36. The molecule has 0 radical (unpaired) electrons. The molecule has 2 aliphatic rings. The molecule has 1 unspecified atom stereocenters. The van der Waals surface area contributed by atoms with E-state index in [1.165, 1.54) is 12.0 Å². The summed E-state index contributed by atoms with van der Waals surface area (Å²) in [6, 6.07) is 14.1. The van der Waals surface area contributed by atoms with Crippen molar-refractivity contribution in [3.63, 3.8) is 0 Å². The van der Waals surface area contributed by atoms with Gasteiger partial charge in [-0.05, 0) is 31.9 Å². The minimum absolute atomic E-state index is 0.0284. The summed E-state index contributed by atoms with van der Waals surface area (Å²) in [5.74, 6) is 1.47. The van der Waals surface area contributed by atoms with E-state index < -0.39 is 0 Å². The van der Waals surface area contributed by atoms with Crippen molar-refractivity contribution < 1.29 is 14.3 Å². The van der Waals surface area contributed by atoms with E-state index in [2.05, 4.69) is 46.3 Å². The lowest BCUT2D eigenvalue weighted by atomic mass is 9.90. The Labute approximate surface area is 188 Å². The number of methoxy groups -OCH3 is 2. The number of hydrogen-bond acceptors (Lipinski definition) is 4. The van der Waals surface area contributed by atoms with E-state index in [-0.39, 0.29) is 18.0 Å². The van der Waals surface area contributed by atoms with Crippen molar-refractivity contribution in [3.8, 4) is 22.8 Å². The maximum atomic E-state index is 13.7. The third-order valence-corrected chi connectivity index (χ3v) is 6.83. The highest BCUT2D eigenvalue weighted by atomic mass is 16.5. The number of fused-ring (bicyclic) bond motifs is 1. The van der Waals surface area contributed by atoms with Gasteiger partial charge in [0.1, 0.15) is 17.2 Å². The molecule has 32 heavy (non-hydrogen) atoms. The zero-order chi connectivity index (χ0) is 22.2. The molecule has 5 rings (SSSR count). The van der Waals surface area contributed by atoms with Gasteiger partial charge < -0.3 is 14.4 Å². The second kappa shape index (κ2) is 8.34. The molecule has 1 amide bonds. The van der Waals surface area contributed by atoms with Crippen molar-refractivity contribution in [2.45, 2.75) is 51.1 Å². The van der Waals surface area contributed by atoms with Gasteiger partial charge in [0.2, 0.25) is 0 Å². The number of carbonyl (C=O) groups excluding carboxylic acids is 1. The van der Waals surface area contributed by atoms with Gasteiger partial charge in [0.15, 0.2) is 0 Å². The Kier molecular flexibility index (Phi) is 5.37. The number of aromatic amines is 1. The Balaban J connectivity index is 1.69. The van der Waals surface area contributed by atoms with Crippen molar-refractivity contribution in [2.75, 3.05) is 14.2 Å². The van der Waals surface area contributed by atoms with Gasteiger partial charge in [0, 0.05) is 28.8 Å². The van der Waals surface area contributed by atoms with E-state index in [9.17, 15) is 4.79 Å². The summed E-state index contributed by atoms with van der Waals surface area (Å²) < 4.78 is 11.2. The first-order valence-corrected chi connectivity index (χ1v) is 11.3. The van der Waals surface area contributed by atoms with E-state index in [1.807, 2.05) is 18.2 Å². The number of carbonyl (C=O) groups is 1. The standard InChI is InChI=1S/C26H29N3O3/c1-16-9-11-17(12-10-16)23-22-24(28-27-23)26(30)29(18-7-5-4-6-8-18)25(22)20-14-13-19(31-2)15-21(20)32-3/h9-15,18,25H,4-8H2,1-3H3,(H,27,28). The van der Waals surface area contributed by atoms with Crippen LogP contribution >= 0.6 is 0 Å². The number of H-pyrrole nitrogens is 1. The summed E-state index contributed by atoms with van der Waals surface area (Å²) in [5, 5.41) is 7.67. The molecule has 1 aliphatic heterocycles. The average molecular weight is 432 g/mol. The van der Waals surface area contributed by atoms with E-state index in [1.54, 1.807) is 14.2 Å². The minimum atomic E-state index is -0.253. The van der Waals surface area contributed by atoms with Crippen LogP contribution in [0.15, 0.2) is 42.5 Å². The van der Waals surface area contributed by atoms with Crippen LogP contribution in [0.4, 0.5) is 0 Å². The molecule has 6 nitrogen and oxygen atoms in total. The van der Waals surface area contributed by atoms with E-state index in [4.69, 9.17) is 9.47 Å². The van der Waals surface area contributed by atoms with E-state index >= 15 is 0 Å². The van der Waals surface area contributed by atoms with Gasteiger partial charge in [-0.15, -0.1) is 0 Å². The summed E-state index contributed by atoms with van der Waals surface area (Å²) >= 11 is 0.